The van der Waals surface area contributed by atoms with Crippen LogP contribution >= 0.6 is 34.5 Å². The van der Waals surface area contributed by atoms with E-state index in [1.807, 2.05) is 13.8 Å². The Kier molecular flexibility index (Phi) is 7.38. The van der Waals surface area contributed by atoms with Crippen molar-refractivity contribution in [3.8, 4) is 0 Å². The molecule has 0 saturated heterocycles. The molecule has 0 saturated carbocycles. The van der Waals surface area contributed by atoms with Crippen LogP contribution in [0.1, 0.15) is 59.5 Å². The molecule has 4 nitrogen and oxygen atoms in total. The van der Waals surface area contributed by atoms with E-state index in [0.29, 0.717) is 26.2 Å². The second-order valence-corrected chi connectivity index (χ2v) is 9.10. The van der Waals surface area contributed by atoms with E-state index in [1.165, 1.54) is 17.4 Å². The number of ether oxygens (including phenoxy) is 1. The van der Waals surface area contributed by atoms with Crippen LogP contribution < -0.4 is 5.32 Å². The lowest BCUT2D eigenvalue weighted by atomic mass is 10.1. The molecule has 0 bridgehead atoms. The number of carbonyl (C=O) groups is 2. The molecule has 0 atom stereocenters. The smallest absolute Gasteiger partial charge is 0.341 e. The molecule has 1 amide bonds. The second kappa shape index (κ2) is 9.79. The molecule has 154 valence electrons. The zero-order valence-electron chi connectivity index (χ0n) is 16.4. The number of halogens is 2. The standard InChI is InChI=1S/C22H23Cl2NO3S/c1-13(2)28-22(27)20-15-7-4-3-5-10-18(15)29-21(20)25-19(26)12-11-14-16(23)8-6-9-17(14)24/h6,8-9,11-13H,3-5,7,10H2,1-2H3,(H,25,26)/b12-11+. The summed E-state index contributed by atoms with van der Waals surface area (Å²) in [4.78, 5) is 26.5. The molecule has 2 aromatic rings. The summed E-state index contributed by atoms with van der Waals surface area (Å²) in [5.41, 5.74) is 2.09. The van der Waals surface area contributed by atoms with Gasteiger partial charge in [0, 0.05) is 26.6 Å². The number of nitrogens with one attached hydrogen (secondary N) is 1. The molecule has 1 heterocycles. The highest BCUT2D eigenvalue weighted by atomic mass is 35.5. The highest BCUT2D eigenvalue weighted by Crippen LogP contribution is 2.38. The Balaban J connectivity index is 1.87. The number of fused-ring (bicyclic) bond motifs is 1. The molecule has 1 aliphatic carbocycles. The number of hydrogen-bond donors (Lipinski definition) is 1. The topological polar surface area (TPSA) is 55.4 Å². The van der Waals surface area contributed by atoms with Crippen molar-refractivity contribution < 1.29 is 14.3 Å². The van der Waals surface area contributed by atoms with Gasteiger partial charge in [-0.25, -0.2) is 4.79 Å². The molecule has 7 heteroatoms. The summed E-state index contributed by atoms with van der Waals surface area (Å²) in [5, 5.41) is 4.33. The molecule has 0 fully saturated rings. The first-order valence-electron chi connectivity index (χ1n) is 9.65. The lowest BCUT2D eigenvalue weighted by molar-refractivity contribution is -0.111. The minimum absolute atomic E-state index is 0.227. The van der Waals surface area contributed by atoms with Gasteiger partial charge in [-0.3, -0.25) is 4.79 Å². The highest BCUT2D eigenvalue weighted by molar-refractivity contribution is 7.17. The zero-order valence-corrected chi connectivity index (χ0v) is 18.7. The number of amides is 1. The van der Waals surface area contributed by atoms with Crippen LogP contribution in [0.5, 0.6) is 0 Å². The van der Waals surface area contributed by atoms with E-state index in [4.69, 9.17) is 27.9 Å². The normalized spacial score (nSPS) is 14.0. The molecular weight excluding hydrogens is 429 g/mol. The van der Waals surface area contributed by atoms with Gasteiger partial charge in [-0.2, -0.15) is 0 Å². The van der Waals surface area contributed by atoms with Crippen LogP contribution in [0.25, 0.3) is 6.08 Å². The Morgan fingerprint density at radius 3 is 2.52 bits per heavy atom. The molecule has 1 aliphatic rings. The van der Waals surface area contributed by atoms with Crippen molar-refractivity contribution in [3.05, 3.63) is 55.9 Å². The quantitative estimate of drug-likeness (QED) is 0.318. The Bertz CT molecular complexity index is 930. The van der Waals surface area contributed by atoms with Crippen molar-refractivity contribution >= 4 is 57.5 Å². The van der Waals surface area contributed by atoms with Gasteiger partial charge < -0.3 is 10.1 Å². The second-order valence-electron chi connectivity index (χ2n) is 7.18. The average molecular weight is 452 g/mol. The van der Waals surface area contributed by atoms with E-state index in [1.54, 1.807) is 24.3 Å². The predicted octanol–water partition coefficient (Wildman–Crippen LogP) is 6.54. The zero-order chi connectivity index (χ0) is 21.0. The number of anilines is 1. The van der Waals surface area contributed by atoms with Crippen LogP contribution in [-0.4, -0.2) is 18.0 Å². The molecular formula is C22H23Cl2NO3S. The van der Waals surface area contributed by atoms with Crippen LogP contribution in [-0.2, 0) is 22.4 Å². The summed E-state index contributed by atoms with van der Waals surface area (Å²) < 4.78 is 5.45. The Hall–Kier alpha value is -1.82. The van der Waals surface area contributed by atoms with Crippen molar-refractivity contribution in [3.63, 3.8) is 0 Å². The number of thiophene rings is 1. The van der Waals surface area contributed by atoms with Gasteiger partial charge in [-0.05, 0) is 63.3 Å². The van der Waals surface area contributed by atoms with E-state index in [9.17, 15) is 9.59 Å². The Labute approximate surface area is 184 Å². The van der Waals surface area contributed by atoms with Crippen molar-refractivity contribution in [1.29, 1.82) is 0 Å². The van der Waals surface area contributed by atoms with Gasteiger partial charge in [0.25, 0.3) is 0 Å². The fraction of sp³-hybridized carbons (Fsp3) is 0.364. The number of carbonyl (C=O) groups excluding carboxylic acids is 2. The lowest BCUT2D eigenvalue weighted by Gasteiger charge is -2.11. The third-order valence-corrected chi connectivity index (χ3v) is 6.47. The number of hydrogen-bond acceptors (Lipinski definition) is 4. The summed E-state index contributed by atoms with van der Waals surface area (Å²) in [5.74, 6) is -0.733. The van der Waals surface area contributed by atoms with Crippen LogP contribution in [0.3, 0.4) is 0 Å². The van der Waals surface area contributed by atoms with Crippen LogP contribution in [0, 0.1) is 0 Å². The Morgan fingerprint density at radius 1 is 1.14 bits per heavy atom. The molecule has 1 aromatic carbocycles. The molecule has 29 heavy (non-hydrogen) atoms. The average Bonchev–Trinajstić information content (AvgIpc) is 2.81. The van der Waals surface area contributed by atoms with E-state index < -0.39 is 0 Å². The number of rotatable bonds is 5. The van der Waals surface area contributed by atoms with Gasteiger partial charge in [0.2, 0.25) is 5.91 Å². The largest absolute Gasteiger partial charge is 0.459 e. The van der Waals surface area contributed by atoms with E-state index >= 15 is 0 Å². The van der Waals surface area contributed by atoms with E-state index in [2.05, 4.69) is 5.32 Å². The van der Waals surface area contributed by atoms with Gasteiger partial charge in [-0.1, -0.05) is 35.7 Å². The van der Waals surface area contributed by atoms with Crippen LogP contribution in [0.4, 0.5) is 5.00 Å². The van der Waals surface area contributed by atoms with Gasteiger partial charge in [0.1, 0.15) is 5.00 Å². The maximum absolute atomic E-state index is 12.8. The maximum Gasteiger partial charge on any atom is 0.341 e. The summed E-state index contributed by atoms with van der Waals surface area (Å²) >= 11 is 13.8. The summed E-state index contributed by atoms with van der Waals surface area (Å²) in [6.45, 7) is 3.63. The number of aryl methyl sites for hydroxylation is 1. The first-order chi connectivity index (χ1) is 13.9. The number of esters is 1. The first-order valence-corrected chi connectivity index (χ1v) is 11.2. The monoisotopic (exact) mass is 451 g/mol. The predicted molar refractivity (Wildman–Crippen MR) is 120 cm³/mol. The van der Waals surface area contributed by atoms with E-state index in [-0.39, 0.29) is 18.0 Å². The van der Waals surface area contributed by atoms with Gasteiger partial charge in [0.05, 0.1) is 11.7 Å². The van der Waals surface area contributed by atoms with Crippen molar-refractivity contribution in [2.45, 2.75) is 52.1 Å². The SMILES string of the molecule is CC(C)OC(=O)c1c(NC(=O)/C=C/c2c(Cl)cccc2Cl)sc2c1CCCCC2. The minimum Gasteiger partial charge on any atom is -0.459 e. The van der Waals surface area contributed by atoms with Gasteiger partial charge >= 0.3 is 5.97 Å². The summed E-state index contributed by atoms with van der Waals surface area (Å²) in [7, 11) is 0. The fourth-order valence-electron chi connectivity index (χ4n) is 3.30. The third-order valence-electron chi connectivity index (χ3n) is 4.61. The molecule has 0 spiro atoms. The highest BCUT2D eigenvalue weighted by Gasteiger charge is 2.27. The molecule has 3 rings (SSSR count). The van der Waals surface area contributed by atoms with Crippen molar-refractivity contribution in [2.24, 2.45) is 0 Å². The van der Waals surface area contributed by atoms with Crippen molar-refractivity contribution in [1.82, 2.24) is 0 Å². The maximum atomic E-state index is 12.8. The lowest BCUT2D eigenvalue weighted by Crippen LogP contribution is -2.16. The Morgan fingerprint density at radius 2 is 1.83 bits per heavy atom. The molecule has 1 aromatic heterocycles. The summed E-state index contributed by atoms with van der Waals surface area (Å²) in [6, 6.07) is 5.16. The van der Waals surface area contributed by atoms with Gasteiger partial charge in [0.15, 0.2) is 0 Å². The first kappa shape index (κ1) is 21.9. The molecule has 0 radical (unpaired) electrons. The minimum atomic E-state index is -0.382. The molecule has 0 aliphatic heterocycles. The van der Waals surface area contributed by atoms with Crippen LogP contribution in [0.2, 0.25) is 10.0 Å². The van der Waals surface area contributed by atoms with Crippen molar-refractivity contribution in [2.75, 3.05) is 5.32 Å². The fourth-order valence-corrected chi connectivity index (χ4v) is 5.11. The van der Waals surface area contributed by atoms with Crippen LogP contribution in [0.15, 0.2) is 24.3 Å². The summed E-state index contributed by atoms with van der Waals surface area (Å²) in [6.07, 6.45) is 7.73. The third kappa shape index (κ3) is 5.41. The molecule has 1 N–H and O–H groups in total. The molecule has 0 unspecified atom stereocenters. The number of benzene rings is 1. The van der Waals surface area contributed by atoms with Gasteiger partial charge in [-0.15, -0.1) is 11.3 Å². The van der Waals surface area contributed by atoms with E-state index in [0.717, 1.165) is 42.5 Å².